The highest BCUT2D eigenvalue weighted by Gasteiger charge is 2.16. The highest BCUT2D eigenvalue weighted by atomic mass is 32.1. The van der Waals surface area contributed by atoms with Crippen LogP contribution in [-0.2, 0) is 0 Å². The van der Waals surface area contributed by atoms with Crippen molar-refractivity contribution in [2.24, 2.45) is 0 Å². The van der Waals surface area contributed by atoms with Crippen LogP contribution in [0.15, 0.2) is 34.1 Å². The second kappa shape index (κ2) is 4.40. The van der Waals surface area contributed by atoms with Gasteiger partial charge in [-0.05, 0) is 12.1 Å². The van der Waals surface area contributed by atoms with Gasteiger partial charge in [0, 0.05) is 11.4 Å². The van der Waals surface area contributed by atoms with Crippen molar-refractivity contribution in [1.82, 2.24) is 4.98 Å². The first kappa shape index (κ1) is 11.7. The quantitative estimate of drug-likeness (QED) is 0.794. The van der Waals surface area contributed by atoms with Gasteiger partial charge >= 0.3 is 5.97 Å². The third-order valence-electron chi connectivity index (χ3n) is 2.67. The summed E-state index contributed by atoms with van der Waals surface area (Å²) in [6.45, 7) is 0. The van der Waals surface area contributed by atoms with E-state index in [2.05, 4.69) is 4.98 Å². The molecule has 0 aliphatic rings. The highest BCUT2D eigenvalue weighted by molar-refractivity contribution is 7.13. The Morgan fingerprint density at radius 1 is 1.47 bits per heavy atom. The molecule has 0 unspecified atom stereocenters. The highest BCUT2D eigenvalue weighted by Crippen LogP contribution is 2.33. The Hall–Kier alpha value is -2.34. The summed E-state index contributed by atoms with van der Waals surface area (Å²) in [6, 6.07) is 6.66. The standard InChI is InChI=1S/C13H9NO4S/c1-17-7-5-10(19-6-7)12-14-9-4-2-3-8(13(15)16)11(9)18-12/h2-6H,1H3,(H,15,16). The molecule has 2 aromatic heterocycles. The molecule has 1 aromatic carbocycles. The van der Waals surface area contributed by atoms with Gasteiger partial charge in [0.15, 0.2) is 5.58 Å². The van der Waals surface area contributed by atoms with E-state index in [-0.39, 0.29) is 11.1 Å². The number of nitrogens with zero attached hydrogens (tertiary/aromatic N) is 1. The van der Waals surface area contributed by atoms with Gasteiger partial charge in [-0.25, -0.2) is 9.78 Å². The minimum atomic E-state index is -1.03. The van der Waals surface area contributed by atoms with Crippen molar-refractivity contribution in [1.29, 1.82) is 0 Å². The number of thiophene rings is 1. The van der Waals surface area contributed by atoms with Crippen molar-refractivity contribution in [3.63, 3.8) is 0 Å². The number of carbonyl (C=O) groups is 1. The van der Waals surface area contributed by atoms with Crippen molar-refractivity contribution in [2.75, 3.05) is 7.11 Å². The van der Waals surface area contributed by atoms with Crippen LogP contribution in [-0.4, -0.2) is 23.2 Å². The van der Waals surface area contributed by atoms with E-state index in [1.54, 1.807) is 25.3 Å². The summed E-state index contributed by atoms with van der Waals surface area (Å²) in [6.07, 6.45) is 0. The van der Waals surface area contributed by atoms with Gasteiger partial charge in [-0.15, -0.1) is 11.3 Å². The largest absolute Gasteiger partial charge is 0.496 e. The fourth-order valence-electron chi connectivity index (χ4n) is 1.76. The molecular formula is C13H9NO4S. The van der Waals surface area contributed by atoms with Gasteiger partial charge in [-0.3, -0.25) is 0 Å². The zero-order valence-corrected chi connectivity index (χ0v) is 10.7. The summed E-state index contributed by atoms with van der Waals surface area (Å²) >= 11 is 1.43. The number of benzene rings is 1. The molecule has 0 amide bonds. The molecule has 0 saturated carbocycles. The van der Waals surface area contributed by atoms with Crippen LogP contribution in [0.2, 0.25) is 0 Å². The Morgan fingerprint density at radius 2 is 2.32 bits per heavy atom. The lowest BCUT2D eigenvalue weighted by molar-refractivity contribution is 0.0698. The Labute approximate surface area is 112 Å². The summed E-state index contributed by atoms with van der Waals surface area (Å²) in [5, 5.41) is 10.9. The summed E-state index contributed by atoms with van der Waals surface area (Å²) in [7, 11) is 1.58. The summed E-state index contributed by atoms with van der Waals surface area (Å²) < 4.78 is 10.7. The normalized spacial score (nSPS) is 10.8. The van der Waals surface area contributed by atoms with Crippen LogP contribution in [0, 0.1) is 0 Å². The molecule has 19 heavy (non-hydrogen) atoms. The monoisotopic (exact) mass is 275 g/mol. The summed E-state index contributed by atoms with van der Waals surface area (Å²) in [4.78, 5) is 16.2. The average molecular weight is 275 g/mol. The molecule has 2 heterocycles. The third-order valence-corrected chi connectivity index (χ3v) is 3.56. The van der Waals surface area contributed by atoms with Gasteiger partial charge in [0.2, 0.25) is 5.89 Å². The molecule has 0 spiro atoms. The molecular weight excluding hydrogens is 266 g/mol. The number of carboxylic acids is 1. The van der Waals surface area contributed by atoms with Crippen molar-refractivity contribution < 1.29 is 19.1 Å². The second-order valence-electron chi connectivity index (χ2n) is 3.83. The molecule has 0 saturated heterocycles. The zero-order chi connectivity index (χ0) is 13.4. The fourth-order valence-corrected chi connectivity index (χ4v) is 2.54. The third kappa shape index (κ3) is 1.96. The maximum absolute atomic E-state index is 11.1. The fraction of sp³-hybridized carbons (Fsp3) is 0.0769. The zero-order valence-electron chi connectivity index (χ0n) is 9.91. The van der Waals surface area contributed by atoms with Gasteiger partial charge in [0.1, 0.15) is 16.8 Å². The van der Waals surface area contributed by atoms with E-state index in [1.807, 2.05) is 5.38 Å². The van der Waals surface area contributed by atoms with Crippen LogP contribution in [0.5, 0.6) is 5.75 Å². The predicted molar refractivity (Wildman–Crippen MR) is 70.8 cm³/mol. The number of fused-ring (bicyclic) bond motifs is 1. The number of oxazole rings is 1. The van der Waals surface area contributed by atoms with Crippen molar-refractivity contribution in [2.45, 2.75) is 0 Å². The number of hydrogen-bond acceptors (Lipinski definition) is 5. The number of aromatic carboxylic acids is 1. The Bertz CT molecular complexity index is 759. The molecule has 1 N–H and O–H groups in total. The molecule has 5 nitrogen and oxygen atoms in total. The van der Waals surface area contributed by atoms with Crippen molar-refractivity contribution >= 4 is 28.4 Å². The summed E-state index contributed by atoms with van der Waals surface area (Å²) in [5.74, 6) is 0.0924. The van der Waals surface area contributed by atoms with Gasteiger partial charge < -0.3 is 14.3 Å². The van der Waals surface area contributed by atoms with Crippen LogP contribution in [0.4, 0.5) is 0 Å². The molecule has 3 rings (SSSR count). The number of ether oxygens (including phenoxy) is 1. The van der Waals surface area contributed by atoms with E-state index >= 15 is 0 Å². The molecule has 6 heteroatoms. The lowest BCUT2D eigenvalue weighted by Gasteiger charge is -1.92. The molecule has 0 fully saturated rings. The first-order valence-corrected chi connectivity index (χ1v) is 6.33. The second-order valence-corrected chi connectivity index (χ2v) is 4.74. The van der Waals surface area contributed by atoms with Crippen LogP contribution in [0.25, 0.3) is 21.9 Å². The maximum atomic E-state index is 11.1. The number of aromatic nitrogens is 1. The number of hydrogen-bond donors (Lipinski definition) is 1. The molecule has 0 aliphatic carbocycles. The van der Waals surface area contributed by atoms with Gasteiger partial charge in [-0.2, -0.15) is 0 Å². The van der Waals surface area contributed by atoms with Crippen LogP contribution in [0.3, 0.4) is 0 Å². The molecule has 0 bridgehead atoms. The number of carboxylic acid groups (broad SMARTS) is 1. The topological polar surface area (TPSA) is 72.6 Å². The number of methoxy groups -OCH3 is 1. The summed E-state index contributed by atoms with van der Waals surface area (Å²) in [5.41, 5.74) is 0.930. The van der Waals surface area contributed by atoms with Crippen molar-refractivity contribution in [3.8, 4) is 16.5 Å². The van der Waals surface area contributed by atoms with Crippen LogP contribution in [0.1, 0.15) is 10.4 Å². The Kier molecular flexibility index (Phi) is 2.72. The lowest BCUT2D eigenvalue weighted by Crippen LogP contribution is -1.95. The number of para-hydroxylation sites is 1. The molecule has 0 atom stereocenters. The molecule has 3 aromatic rings. The van der Waals surface area contributed by atoms with Gasteiger partial charge in [0.05, 0.1) is 12.0 Å². The minimum Gasteiger partial charge on any atom is -0.496 e. The first-order chi connectivity index (χ1) is 9.19. The number of rotatable bonds is 3. The smallest absolute Gasteiger partial charge is 0.339 e. The van der Waals surface area contributed by atoms with E-state index in [0.717, 1.165) is 10.6 Å². The predicted octanol–water partition coefficient (Wildman–Crippen LogP) is 3.26. The Morgan fingerprint density at radius 3 is 3.00 bits per heavy atom. The molecule has 0 radical (unpaired) electrons. The van der Waals surface area contributed by atoms with Gasteiger partial charge in [-0.1, -0.05) is 6.07 Å². The van der Waals surface area contributed by atoms with Crippen molar-refractivity contribution in [3.05, 3.63) is 35.2 Å². The average Bonchev–Trinajstić information content (AvgIpc) is 3.03. The van der Waals surface area contributed by atoms with E-state index in [1.165, 1.54) is 17.4 Å². The van der Waals surface area contributed by atoms with E-state index < -0.39 is 5.97 Å². The van der Waals surface area contributed by atoms with Gasteiger partial charge in [0.25, 0.3) is 0 Å². The molecule has 0 aliphatic heterocycles. The van der Waals surface area contributed by atoms with E-state index in [0.29, 0.717) is 11.4 Å². The molecule has 96 valence electrons. The Balaban J connectivity index is 2.16. The maximum Gasteiger partial charge on any atom is 0.339 e. The SMILES string of the molecule is COc1csc(-c2nc3cccc(C(=O)O)c3o2)c1. The minimum absolute atomic E-state index is 0.111. The van der Waals surface area contributed by atoms with Crippen LogP contribution >= 0.6 is 11.3 Å². The first-order valence-electron chi connectivity index (χ1n) is 5.45. The van der Waals surface area contributed by atoms with E-state index in [9.17, 15) is 4.79 Å². The van der Waals surface area contributed by atoms with E-state index in [4.69, 9.17) is 14.3 Å². The lowest BCUT2D eigenvalue weighted by atomic mass is 10.2. The van der Waals surface area contributed by atoms with Crippen LogP contribution < -0.4 is 4.74 Å².